The molecule has 4 heterocycles. The molecular weight excluding hydrogens is 524 g/mol. The Bertz CT molecular complexity index is 1240. The van der Waals surface area contributed by atoms with Crippen LogP contribution in [0.1, 0.15) is 97.5 Å². The summed E-state index contributed by atoms with van der Waals surface area (Å²) < 4.78 is 29.0. The van der Waals surface area contributed by atoms with E-state index in [-0.39, 0.29) is 57.3 Å². The molecule has 210 valence electrons. The van der Waals surface area contributed by atoms with Crippen LogP contribution in [-0.2, 0) is 0 Å². The van der Waals surface area contributed by atoms with Crippen molar-refractivity contribution in [3.8, 4) is 10.4 Å². The Kier molecular flexibility index (Phi) is 6.86. The van der Waals surface area contributed by atoms with Gasteiger partial charge in [0.15, 0.2) is 5.01 Å². The second kappa shape index (κ2) is 10.1. The van der Waals surface area contributed by atoms with E-state index in [9.17, 15) is 23.5 Å². The van der Waals surface area contributed by atoms with Crippen molar-refractivity contribution >= 4 is 29.0 Å². The van der Waals surface area contributed by atoms with Gasteiger partial charge in [-0.3, -0.25) is 9.59 Å². The van der Waals surface area contributed by atoms with Gasteiger partial charge in [-0.05, 0) is 83.1 Å². The van der Waals surface area contributed by atoms with Crippen molar-refractivity contribution in [1.29, 1.82) is 0 Å². The molecular formula is C28H35F2N5O3S. The summed E-state index contributed by atoms with van der Waals surface area (Å²) in [6, 6.07) is 1.88. The first-order valence-electron chi connectivity index (χ1n) is 14.0. The number of rotatable bonds is 10. The van der Waals surface area contributed by atoms with Crippen molar-refractivity contribution in [2.75, 3.05) is 11.9 Å². The normalized spacial score (nSPS) is 22.7. The van der Waals surface area contributed by atoms with Gasteiger partial charge in [0.2, 0.25) is 0 Å². The van der Waals surface area contributed by atoms with E-state index in [0.717, 1.165) is 62.7 Å². The van der Waals surface area contributed by atoms with E-state index in [4.69, 9.17) is 0 Å². The smallest absolute Gasteiger partial charge is 0.280 e. The summed E-state index contributed by atoms with van der Waals surface area (Å²) in [7, 11) is 0. The van der Waals surface area contributed by atoms with Crippen LogP contribution in [0.15, 0.2) is 12.3 Å². The Labute approximate surface area is 230 Å². The SMILES string of the molecule is CC(C)(O)CNC(=O)c1nc(C(=O)N2C3CCC2CC3)c(-c2cnc(NC(C3CC3)C3CC3)cc2C(F)F)s1. The molecule has 0 atom stereocenters. The van der Waals surface area contributed by atoms with Gasteiger partial charge in [-0.25, -0.2) is 18.7 Å². The maximum absolute atomic E-state index is 14.5. The zero-order chi connectivity index (χ0) is 27.5. The fraction of sp³-hybridized carbons (Fsp3) is 0.643. The first kappa shape index (κ1) is 26.6. The minimum absolute atomic E-state index is 0.00547. The fourth-order valence-electron chi connectivity index (χ4n) is 6.11. The number of carbonyl (C=O) groups excluding carboxylic acids is 2. The minimum Gasteiger partial charge on any atom is -0.389 e. The van der Waals surface area contributed by atoms with Gasteiger partial charge in [0.05, 0.1) is 10.5 Å². The lowest BCUT2D eigenvalue weighted by Crippen LogP contribution is -2.38. The Morgan fingerprint density at radius 2 is 1.72 bits per heavy atom. The zero-order valence-electron chi connectivity index (χ0n) is 22.3. The predicted octanol–water partition coefficient (Wildman–Crippen LogP) is 5.01. The first-order chi connectivity index (χ1) is 18.6. The quantitative estimate of drug-likeness (QED) is 0.378. The maximum atomic E-state index is 14.5. The summed E-state index contributed by atoms with van der Waals surface area (Å²) in [6.45, 7) is 3.10. The summed E-state index contributed by atoms with van der Waals surface area (Å²) in [5.74, 6) is 0.670. The van der Waals surface area contributed by atoms with Crippen LogP contribution in [0.25, 0.3) is 10.4 Å². The maximum Gasteiger partial charge on any atom is 0.280 e. The van der Waals surface area contributed by atoms with E-state index in [2.05, 4.69) is 20.6 Å². The van der Waals surface area contributed by atoms with Gasteiger partial charge in [0, 0.05) is 42.0 Å². The molecule has 2 saturated carbocycles. The second-order valence-corrected chi connectivity index (χ2v) is 13.2. The van der Waals surface area contributed by atoms with Gasteiger partial charge in [0.1, 0.15) is 11.5 Å². The van der Waals surface area contributed by atoms with E-state index in [0.29, 0.717) is 17.7 Å². The molecule has 11 heteroatoms. The number of alkyl halides is 2. The molecule has 8 nitrogen and oxygen atoms in total. The van der Waals surface area contributed by atoms with Crippen LogP contribution >= 0.6 is 11.3 Å². The average Bonchev–Trinajstić information content (AvgIpc) is 3.81. The number of nitrogens with one attached hydrogen (secondary N) is 2. The van der Waals surface area contributed by atoms with Gasteiger partial charge < -0.3 is 20.6 Å². The third-order valence-corrected chi connectivity index (χ3v) is 9.47. The summed E-state index contributed by atoms with van der Waals surface area (Å²) >= 11 is 0.916. The van der Waals surface area contributed by atoms with Crippen molar-refractivity contribution in [3.63, 3.8) is 0 Å². The first-order valence-corrected chi connectivity index (χ1v) is 14.8. The van der Waals surface area contributed by atoms with Gasteiger partial charge in [-0.2, -0.15) is 0 Å². The number of aromatic nitrogens is 2. The molecule has 3 N–H and O–H groups in total. The number of nitrogens with zero attached hydrogens (tertiary/aromatic N) is 3. The lowest BCUT2D eigenvalue weighted by molar-refractivity contribution is 0.0692. The van der Waals surface area contributed by atoms with Gasteiger partial charge in [0.25, 0.3) is 18.2 Å². The van der Waals surface area contributed by atoms with Crippen molar-refractivity contribution in [1.82, 2.24) is 20.2 Å². The number of amides is 2. The summed E-state index contributed by atoms with van der Waals surface area (Å²) in [5, 5.41) is 16.1. The summed E-state index contributed by atoms with van der Waals surface area (Å²) in [4.78, 5) is 37.7. The van der Waals surface area contributed by atoms with E-state index < -0.39 is 17.9 Å². The summed E-state index contributed by atoms with van der Waals surface area (Å²) in [5.41, 5.74) is -1.23. The number of fused-ring (bicyclic) bond motifs is 2. The number of hydrogen-bond donors (Lipinski definition) is 3. The number of aliphatic hydroxyl groups is 1. The van der Waals surface area contributed by atoms with Crippen molar-refractivity contribution in [2.45, 2.75) is 95.4 Å². The molecule has 2 bridgehead atoms. The summed E-state index contributed by atoms with van der Waals surface area (Å²) in [6.07, 6.45) is 6.86. The molecule has 39 heavy (non-hydrogen) atoms. The van der Waals surface area contributed by atoms with Crippen LogP contribution in [0, 0.1) is 11.8 Å². The standard InChI is InChI=1S/C28H35F2N5O3S/c1-28(2,38)13-32-25(36)26-34-22(27(37)35-16-7-8-17(35)10-9-16)23(39-26)19-12-31-20(11-18(19)24(29)30)33-21(14-3-4-14)15-5-6-15/h11-12,14-17,21,24,38H,3-10,13H2,1-2H3,(H,31,33)(H,32,36). The number of halogens is 2. The van der Waals surface area contributed by atoms with Crippen LogP contribution in [-0.4, -0.2) is 62.1 Å². The number of thiazole rings is 1. The molecule has 4 aliphatic rings. The Balaban J connectivity index is 1.36. The van der Waals surface area contributed by atoms with E-state index in [1.54, 1.807) is 13.8 Å². The highest BCUT2D eigenvalue weighted by Crippen LogP contribution is 2.46. The van der Waals surface area contributed by atoms with Crippen molar-refractivity contribution < 1.29 is 23.5 Å². The van der Waals surface area contributed by atoms with E-state index in [1.807, 2.05) is 4.90 Å². The van der Waals surface area contributed by atoms with Gasteiger partial charge >= 0.3 is 0 Å². The molecule has 2 aromatic rings. The molecule has 0 spiro atoms. The highest BCUT2D eigenvalue weighted by Gasteiger charge is 2.44. The predicted molar refractivity (Wildman–Crippen MR) is 144 cm³/mol. The Morgan fingerprint density at radius 1 is 1.10 bits per heavy atom. The minimum atomic E-state index is -2.80. The molecule has 4 fully saturated rings. The van der Waals surface area contributed by atoms with Crippen LogP contribution in [0.4, 0.5) is 14.6 Å². The highest BCUT2D eigenvalue weighted by molar-refractivity contribution is 7.17. The Morgan fingerprint density at radius 3 is 2.26 bits per heavy atom. The third-order valence-electron chi connectivity index (χ3n) is 8.38. The van der Waals surface area contributed by atoms with Crippen LogP contribution < -0.4 is 10.6 Å². The van der Waals surface area contributed by atoms with E-state index in [1.165, 1.54) is 12.3 Å². The number of pyridine rings is 1. The molecule has 2 saturated heterocycles. The molecule has 6 rings (SSSR count). The topological polar surface area (TPSA) is 107 Å². The fourth-order valence-corrected chi connectivity index (χ4v) is 7.11. The molecule has 2 aliphatic carbocycles. The largest absolute Gasteiger partial charge is 0.389 e. The molecule has 0 aromatic carbocycles. The highest BCUT2D eigenvalue weighted by atomic mass is 32.1. The Hall–Kier alpha value is -2.66. The van der Waals surface area contributed by atoms with Gasteiger partial charge in [-0.1, -0.05) is 0 Å². The number of carbonyl (C=O) groups is 2. The molecule has 2 aliphatic heterocycles. The van der Waals surface area contributed by atoms with E-state index >= 15 is 0 Å². The average molecular weight is 560 g/mol. The monoisotopic (exact) mass is 559 g/mol. The van der Waals surface area contributed by atoms with Crippen LogP contribution in [0.5, 0.6) is 0 Å². The van der Waals surface area contributed by atoms with Gasteiger partial charge in [-0.15, -0.1) is 11.3 Å². The van der Waals surface area contributed by atoms with Crippen molar-refractivity contribution in [3.05, 3.63) is 28.5 Å². The zero-order valence-corrected chi connectivity index (χ0v) is 23.1. The number of anilines is 1. The number of hydrogen-bond acceptors (Lipinski definition) is 7. The van der Waals surface area contributed by atoms with Crippen molar-refractivity contribution in [2.24, 2.45) is 11.8 Å². The molecule has 0 radical (unpaired) electrons. The molecule has 2 amide bonds. The molecule has 0 unspecified atom stereocenters. The third kappa shape index (κ3) is 5.52. The van der Waals surface area contributed by atoms with Crippen LogP contribution in [0.3, 0.4) is 0 Å². The second-order valence-electron chi connectivity index (χ2n) is 12.2. The lowest BCUT2D eigenvalue weighted by atomic mass is 10.0. The molecule has 2 aromatic heterocycles. The van der Waals surface area contributed by atoms with Crippen LogP contribution in [0.2, 0.25) is 0 Å². The lowest BCUT2D eigenvalue weighted by Gasteiger charge is -2.22.